The van der Waals surface area contributed by atoms with Crippen molar-refractivity contribution >= 4 is 11.6 Å². The van der Waals surface area contributed by atoms with Crippen LogP contribution in [-0.4, -0.2) is 9.97 Å². The molecular formula is C12H14ClN3. The van der Waals surface area contributed by atoms with Gasteiger partial charge in [-0.2, -0.15) is 0 Å². The van der Waals surface area contributed by atoms with E-state index < -0.39 is 0 Å². The predicted molar refractivity (Wildman–Crippen MR) is 65.4 cm³/mol. The van der Waals surface area contributed by atoms with E-state index >= 15 is 0 Å². The molecular weight excluding hydrogens is 222 g/mol. The van der Waals surface area contributed by atoms with Crippen molar-refractivity contribution < 1.29 is 0 Å². The van der Waals surface area contributed by atoms with Gasteiger partial charge in [-0.3, -0.25) is 0 Å². The molecule has 0 aliphatic rings. The number of hydrogen-bond acceptors (Lipinski definition) is 2. The first-order valence-electron chi connectivity index (χ1n) is 5.16. The molecule has 0 saturated carbocycles. The summed E-state index contributed by atoms with van der Waals surface area (Å²) in [6.07, 6.45) is 4.21. The monoisotopic (exact) mass is 235 g/mol. The molecule has 1 heterocycles. The smallest absolute Gasteiger partial charge is 0.107 e. The molecule has 1 aromatic carbocycles. The van der Waals surface area contributed by atoms with Crippen molar-refractivity contribution in [2.45, 2.75) is 19.4 Å². The number of rotatable bonds is 3. The fourth-order valence-electron chi connectivity index (χ4n) is 1.58. The third kappa shape index (κ3) is 2.43. The second-order valence-corrected chi connectivity index (χ2v) is 4.26. The van der Waals surface area contributed by atoms with Gasteiger partial charge in [0, 0.05) is 29.9 Å². The average molecular weight is 236 g/mol. The molecule has 0 aliphatic heterocycles. The summed E-state index contributed by atoms with van der Waals surface area (Å²) in [5.41, 5.74) is 8.19. The number of nitrogens with two attached hydrogens (primary N) is 1. The van der Waals surface area contributed by atoms with Crippen LogP contribution in [0, 0.1) is 6.92 Å². The number of benzene rings is 1. The Bertz CT molecular complexity index is 465. The van der Waals surface area contributed by atoms with Gasteiger partial charge in [-0.15, -0.1) is 0 Å². The minimum absolute atomic E-state index is 0.0794. The van der Waals surface area contributed by atoms with Crippen LogP contribution in [0.3, 0.4) is 0 Å². The fourth-order valence-corrected chi connectivity index (χ4v) is 1.76. The van der Waals surface area contributed by atoms with Crippen molar-refractivity contribution in [1.29, 1.82) is 0 Å². The highest BCUT2D eigenvalue weighted by Crippen LogP contribution is 2.21. The first-order chi connectivity index (χ1) is 7.66. The number of H-pyrrole nitrogens is 1. The van der Waals surface area contributed by atoms with E-state index in [9.17, 15) is 0 Å². The van der Waals surface area contributed by atoms with E-state index in [0.717, 1.165) is 22.0 Å². The second-order valence-electron chi connectivity index (χ2n) is 3.86. The number of nitrogens with one attached hydrogen (secondary N) is 1. The molecule has 0 aliphatic carbocycles. The number of nitrogens with zero attached hydrogens (tertiary/aromatic N) is 1. The fraction of sp³-hybridized carbons (Fsp3) is 0.250. The van der Waals surface area contributed by atoms with Gasteiger partial charge in [-0.25, -0.2) is 4.98 Å². The van der Waals surface area contributed by atoms with Crippen LogP contribution >= 0.6 is 11.6 Å². The summed E-state index contributed by atoms with van der Waals surface area (Å²) < 4.78 is 0. The standard InChI is InChI=1S/C12H14ClN3/c1-8-2-3-9(6-10(8)13)11(14)7-12-15-4-5-16-12/h2-6,11H,7,14H2,1H3,(H,15,16). The Morgan fingerprint density at radius 3 is 2.94 bits per heavy atom. The van der Waals surface area contributed by atoms with Crippen molar-refractivity contribution in [1.82, 2.24) is 9.97 Å². The summed E-state index contributed by atoms with van der Waals surface area (Å²) in [4.78, 5) is 7.19. The Hall–Kier alpha value is -1.32. The van der Waals surface area contributed by atoms with E-state index in [2.05, 4.69) is 9.97 Å². The van der Waals surface area contributed by atoms with Gasteiger partial charge < -0.3 is 10.7 Å². The largest absolute Gasteiger partial charge is 0.349 e. The van der Waals surface area contributed by atoms with E-state index in [0.29, 0.717) is 6.42 Å². The highest BCUT2D eigenvalue weighted by atomic mass is 35.5. The van der Waals surface area contributed by atoms with Gasteiger partial charge in [0.1, 0.15) is 5.82 Å². The van der Waals surface area contributed by atoms with Crippen LogP contribution in [0.2, 0.25) is 5.02 Å². The number of halogens is 1. The molecule has 4 heteroatoms. The van der Waals surface area contributed by atoms with Gasteiger partial charge in [0.15, 0.2) is 0 Å². The predicted octanol–water partition coefficient (Wildman–Crippen LogP) is 2.61. The molecule has 0 spiro atoms. The van der Waals surface area contributed by atoms with E-state index in [1.54, 1.807) is 12.4 Å². The van der Waals surface area contributed by atoms with Crippen molar-refractivity contribution in [2.24, 2.45) is 5.73 Å². The topological polar surface area (TPSA) is 54.7 Å². The molecule has 0 amide bonds. The minimum atomic E-state index is -0.0794. The second kappa shape index (κ2) is 4.68. The van der Waals surface area contributed by atoms with Crippen LogP contribution in [0.25, 0.3) is 0 Å². The Morgan fingerprint density at radius 1 is 1.50 bits per heavy atom. The van der Waals surface area contributed by atoms with Crippen LogP contribution in [0.1, 0.15) is 23.0 Å². The molecule has 16 heavy (non-hydrogen) atoms. The summed E-state index contributed by atoms with van der Waals surface area (Å²) in [5.74, 6) is 0.893. The van der Waals surface area contributed by atoms with E-state index in [1.165, 1.54) is 0 Å². The molecule has 1 aromatic heterocycles. The third-order valence-electron chi connectivity index (χ3n) is 2.59. The van der Waals surface area contributed by atoms with E-state index in [-0.39, 0.29) is 6.04 Å². The minimum Gasteiger partial charge on any atom is -0.349 e. The SMILES string of the molecule is Cc1ccc(C(N)Cc2ncc[nH]2)cc1Cl. The Morgan fingerprint density at radius 2 is 2.31 bits per heavy atom. The van der Waals surface area contributed by atoms with Crippen molar-refractivity contribution in [3.8, 4) is 0 Å². The van der Waals surface area contributed by atoms with Crippen LogP contribution in [-0.2, 0) is 6.42 Å². The highest BCUT2D eigenvalue weighted by Gasteiger charge is 2.09. The van der Waals surface area contributed by atoms with Gasteiger partial charge in [0.05, 0.1) is 0 Å². The third-order valence-corrected chi connectivity index (χ3v) is 3.00. The number of imidazole rings is 1. The Balaban J connectivity index is 2.14. The Labute approximate surface area is 99.7 Å². The van der Waals surface area contributed by atoms with Crippen LogP contribution in [0.5, 0.6) is 0 Å². The summed E-state index contributed by atoms with van der Waals surface area (Å²) in [5, 5.41) is 0.757. The first-order valence-corrected chi connectivity index (χ1v) is 5.54. The molecule has 2 aromatic rings. The summed E-state index contributed by atoms with van der Waals surface area (Å²) in [6.45, 7) is 1.98. The quantitative estimate of drug-likeness (QED) is 0.859. The maximum atomic E-state index is 6.09. The van der Waals surface area contributed by atoms with E-state index in [1.807, 2.05) is 25.1 Å². The lowest BCUT2D eigenvalue weighted by Crippen LogP contribution is -2.14. The number of aromatic nitrogens is 2. The molecule has 0 radical (unpaired) electrons. The summed E-state index contributed by atoms with van der Waals surface area (Å²) >= 11 is 6.06. The highest BCUT2D eigenvalue weighted by molar-refractivity contribution is 6.31. The lowest BCUT2D eigenvalue weighted by atomic mass is 10.0. The molecule has 0 saturated heterocycles. The molecule has 0 bridgehead atoms. The number of hydrogen-bond donors (Lipinski definition) is 2. The zero-order valence-corrected chi connectivity index (χ0v) is 9.83. The molecule has 1 atom stereocenters. The van der Waals surface area contributed by atoms with Crippen LogP contribution in [0.4, 0.5) is 0 Å². The average Bonchev–Trinajstić information content (AvgIpc) is 2.74. The van der Waals surface area contributed by atoms with Gasteiger partial charge in [-0.1, -0.05) is 23.7 Å². The van der Waals surface area contributed by atoms with Gasteiger partial charge >= 0.3 is 0 Å². The van der Waals surface area contributed by atoms with Crippen molar-refractivity contribution in [3.63, 3.8) is 0 Å². The Kier molecular flexibility index (Phi) is 3.27. The number of aryl methyl sites for hydroxylation is 1. The maximum absolute atomic E-state index is 6.09. The van der Waals surface area contributed by atoms with Crippen molar-refractivity contribution in [3.05, 3.63) is 52.6 Å². The van der Waals surface area contributed by atoms with Crippen LogP contribution < -0.4 is 5.73 Å². The lowest BCUT2D eigenvalue weighted by Gasteiger charge is -2.11. The zero-order valence-electron chi connectivity index (χ0n) is 9.07. The zero-order chi connectivity index (χ0) is 11.5. The molecule has 3 nitrogen and oxygen atoms in total. The lowest BCUT2D eigenvalue weighted by molar-refractivity contribution is 0.694. The molecule has 2 rings (SSSR count). The molecule has 3 N–H and O–H groups in total. The first kappa shape index (κ1) is 11.2. The van der Waals surface area contributed by atoms with Gasteiger partial charge in [0.25, 0.3) is 0 Å². The maximum Gasteiger partial charge on any atom is 0.107 e. The van der Waals surface area contributed by atoms with Gasteiger partial charge in [0.2, 0.25) is 0 Å². The molecule has 84 valence electrons. The van der Waals surface area contributed by atoms with Gasteiger partial charge in [-0.05, 0) is 24.1 Å². The van der Waals surface area contributed by atoms with Crippen molar-refractivity contribution in [2.75, 3.05) is 0 Å². The molecule has 0 fully saturated rings. The summed E-state index contributed by atoms with van der Waals surface area (Å²) in [7, 11) is 0. The summed E-state index contributed by atoms with van der Waals surface area (Å²) in [6, 6.07) is 5.84. The normalized spacial score (nSPS) is 12.7. The van der Waals surface area contributed by atoms with E-state index in [4.69, 9.17) is 17.3 Å². The number of aromatic amines is 1. The molecule has 1 unspecified atom stereocenters. The van der Waals surface area contributed by atoms with Crippen LogP contribution in [0.15, 0.2) is 30.6 Å².